The molecule has 0 bridgehead atoms. The summed E-state index contributed by atoms with van der Waals surface area (Å²) in [5, 5.41) is 22.6. The fourth-order valence-corrected chi connectivity index (χ4v) is 1.81. The Bertz CT molecular complexity index is 394. The second-order valence-corrected chi connectivity index (χ2v) is 6.46. The highest BCUT2D eigenvalue weighted by Crippen LogP contribution is 2.25. The molecule has 6 nitrogen and oxygen atoms in total. The van der Waals surface area contributed by atoms with Crippen LogP contribution in [0.4, 0.5) is 0 Å². The molecule has 6 heteroatoms. The maximum absolute atomic E-state index is 11.3. The Kier molecular flexibility index (Phi) is 7.76. The topological polar surface area (TPSA) is 98.7 Å². The zero-order valence-corrected chi connectivity index (χ0v) is 14.3. The van der Waals surface area contributed by atoms with E-state index >= 15 is 0 Å². The fraction of sp³-hybridized carbons (Fsp3) is 0.750. The number of hydrogen-bond acceptors (Lipinski definition) is 6. The van der Waals surface area contributed by atoms with Crippen LogP contribution in [-0.4, -0.2) is 37.4 Å². The van der Waals surface area contributed by atoms with E-state index in [2.05, 4.69) is 0 Å². The van der Waals surface area contributed by atoms with Gasteiger partial charge in [0.2, 0.25) is 0 Å². The summed E-state index contributed by atoms with van der Waals surface area (Å²) in [5.41, 5.74) is -1.58. The van der Waals surface area contributed by atoms with Crippen LogP contribution < -0.4 is 10.2 Å². The molecule has 0 aliphatic rings. The van der Waals surface area contributed by atoms with E-state index in [9.17, 15) is 19.8 Å². The number of carboxylic acids is 2. The molecule has 0 saturated heterocycles. The van der Waals surface area contributed by atoms with Gasteiger partial charge in [0.15, 0.2) is 0 Å². The van der Waals surface area contributed by atoms with Crippen molar-refractivity contribution < 1.29 is 29.3 Å². The third-order valence-electron chi connectivity index (χ3n) is 3.92. The van der Waals surface area contributed by atoms with Gasteiger partial charge < -0.3 is 29.3 Å². The molecule has 0 aliphatic carbocycles. The molecule has 0 radical (unpaired) electrons. The second-order valence-electron chi connectivity index (χ2n) is 6.46. The molecule has 0 rings (SSSR count). The van der Waals surface area contributed by atoms with Crippen molar-refractivity contribution >= 4 is 11.9 Å². The van der Waals surface area contributed by atoms with Crippen LogP contribution in [0, 0.1) is 0 Å². The second kappa shape index (κ2) is 8.29. The smallest absolute Gasteiger partial charge is 0.0678 e. The molecule has 0 aromatic carbocycles. The largest absolute Gasteiger partial charge is 0.545 e. The van der Waals surface area contributed by atoms with E-state index in [0.717, 1.165) is 0 Å². The lowest BCUT2D eigenvalue weighted by atomic mass is 9.91. The van der Waals surface area contributed by atoms with E-state index in [1.165, 1.54) is 14.2 Å². The molecule has 0 N–H and O–H groups in total. The number of carbonyl (C=O) groups is 2. The van der Waals surface area contributed by atoms with Gasteiger partial charge in [0.05, 0.1) is 23.1 Å². The SMILES string of the molecule is COC(C)(C)CC/C(C(=O)[O-])=C(\CCC(C)(C)OC)C(=O)[O-]. The molecular weight excluding hydrogens is 288 g/mol. The predicted molar refractivity (Wildman–Crippen MR) is 77.7 cm³/mol. The van der Waals surface area contributed by atoms with Crippen molar-refractivity contribution in [3.8, 4) is 0 Å². The van der Waals surface area contributed by atoms with Gasteiger partial charge in [-0.15, -0.1) is 0 Å². The van der Waals surface area contributed by atoms with Gasteiger partial charge in [0.1, 0.15) is 0 Å². The third-order valence-corrected chi connectivity index (χ3v) is 3.92. The number of hydrogen-bond donors (Lipinski definition) is 0. The van der Waals surface area contributed by atoms with Crippen LogP contribution in [0.15, 0.2) is 11.1 Å². The van der Waals surface area contributed by atoms with E-state index in [-0.39, 0.29) is 24.0 Å². The van der Waals surface area contributed by atoms with Crippen molar-refractivity contribution in [1.29, 1.82) is 0 Å². The van der Waals surface area contributed by atoms with Crippen LogP contribution in [0.3, 0.4) is 0 Å². The van der Waals surface area contributed by atoms with E-state index in [0.29, 0.717) is 12.8 Å². The zero-order chi connectivity index (χ0) is 17.6. The fourth-order valence-electron chi connectivity index (χ4n) is 1.81. The lowest BCUT2D eigenvalue weighted by Crippen LogP contribution is -2.34. The van der Waals surface area contributed by atoms with E-state index in [1.807, 2.05) is 0 Å². The Hall–Kier alpha value is -1.40. The molecule has 0 heterocycles. The molecule has 0 aliphatic heterocycles. The molecule has 22 heavy (non-hydrogen) atoms. The summed E-state index contributed by atoms with van der Waals surface area (Å²) >= 11 is 0. The number of aliphatic carboxylic acids is 2. The molecule has 128 valence electrons. The Morgan fingerprint density at radius 2 is 1.05 bits per heavy atom. The summed E-state index contributed by atoms with van der Waals surface area (Å²) in [7, 11) is 3.03. The van der Waals surface area contributed by atoms with Crippen LogP contribution in [0.5, 0.6) is 0 Å². The van der Waals surface area contributed by atoms with Gasteiger partial charge in [-0.25, -0.2) is 0 Å². The van der Waals surface area contributed by atoms with Crippen LogP contribution in [-0.2, 0) is 19.1 Å². The van der Waals surface area contributed by atoms with Crippen LogP contribution in [0.2, 0.25) is 0 Å². The Morgan fingerprint density at radius 3 is 1.23 bits per heavy atom. The average Bonchev–Trinajstić information content (AvgIpc) is 2.41. The lowest BCUT2D eigenvalue weighted by molar-refractivity contribution is -0.304. The summed E-state index contributed by atoms with van der Waals surface area (Å²) in [4.78, 5) is 22.6. The van der Waals surface area contributed by atoms with Gasteiger partial charge in [0.25, 0.3) is 0 Å². The van der Waals surface area contributed by atoms with Gasteiger partial charge >= 0.3 is 0 Å². The minimum absolute atomic E-state index is 0.0416. The van der Waals surface area contributed by atoms with Gasteiger partial charge in [-0.05, 0) is 64.5 Å². The number of rotatable bonds is 10. The minimum Gasteiger partial charge on any atom is -0.545 e. The first kappa shape index (κ1) is 20.6. The highest BCUT2D eigenvalue weighted by molar-refractivity contribution is 5.97. The zero-order valence-electron chi connectivity index (χ0n) is 14.3. The maximum Gasteiger partial charge on any atom is 0.0678 e. The van der Waals surface area contributed by atoms with E-state index < -0.39 is 23.1 Å². The first-order chi connectivity index (χ1) is 9.95. The molecule has 0 aromatic heterocycles. The van der Waals surface area contributed by atoms with Crippen molar-refractivity contribution in [3.63, 3.8) is 0 Å². The van der Waals surface area contributed by atoms with Gasteiger partial charge in [-0.3, -0.25) is 0 Å². The molecule has 0 unspecified atom stereocenters. The predicted octanol–water partition coefficient (Wildman–Crippen LogP) is 0.193. The van der Waals surface area contributed by atoms with Gasteiger partial charge in [0, 0.05) is 14.2 Å². The van der Waals surface area contributed by atoms with Crippen LogP contribution in [0.1, 0.15) is 53.4 Å². The normalized spacial score (nSPS) is 13.7. The average molecular weight is 314 g/mol. The van der Waals surface area contributed by atoms with Crippen molar-refractivity contribution in [3.05, 3.63) is 11.1 Å². The monoisotopic (exact) mass is 314 g/mol. The summed E-state index contributed by atoms with van der Waals surface area (Å²) in [6.07, 6.45) is 0.800. The summed E-state index contributed by atoms with van der Waals surface area (Å²) in [6.45, 7) is 7.19. The van der Waals surface area contributed by atoms with E-state index in [1.54, 1.807) is 27.7 Å². The Morgan fingerprint density at radius 1 is 0.773 bits per heavy atom. The molecule has 0 fully saturated rings. The van der Waals surface area contributed by atoms with Crippen molar-refractivity contribution in [1.82, 2.24) is 0 Å². The molecule has 0 aromatic rings. The van der Waals surface area contributed by atoms with Crippen LogP contribution >= 0.6 is 0 Å². The molecule has 0 spiro atoms. The Labute approximate surface area is 132 Å². The molecule has 0 atom stereocenters. The quantitative estimate of drug-likeness (QED) is 0.534. The first-order valence-corrected chi connectivity index (χ1v) is 7.21. The third kappa shape index (κ3) is 7.04. The molecular formula is C16H26O6-2. The highest BCUT2D eigenvalue weighted by atomic mass is 16.5. The molecule has 0 amide bonds. The molecule has 0 saturated carbocycles. The maximum atomic E-state index is 11.3. The standard InChI is InChI=1S/C16H28O6/c1-15(2,21-5)9-7-11(13(17)18)12(14(19)20)8-10-16(3,4)22-6/h7-10H2,1-6H3,(H,17,18)(H,19,20)/p-2/b12-11-. The minimum atomic E-state index is -1.48. The summed E-state index contributed by atoms with van der Waals surface area (Å²) < 4.78 is 10.4. The Balaban J connectivity index is 5.31. The van der Waals surface area contributed by atoms with E-state index in [4.69, 9.17) is 9.47 Å². The highest BCUT2D eigenvalue weighted by Gasteiger charge is 2.21. The van der Waals surface area contributed by atoms with Gasteiger partial charge in [-0.2, -0.15) is 0 Å². The summed E-state index contributed by atoms with van der Waals surface area (Å²) in [5.74, 6) is -2.97. The number of methoxy groups -OCH3 is 2. The van der Waals surface area contributed by atoms with Crippen molar-refractivity contribution in [2.45, 2.75) is 64.6 Å². The van der Waals surface area contributed by atoms with Crippen LogP contribution in [0.25, 0.3) is 0 Å². The van der Waals surface area contributed by atoms with Crippen molar-refractivity contribution in [2.24, 2.45) is 0 Å². The summed E-state index contributed by atoms with van der Waals surface area (Å²) in [6, 6.07) is 0. The van der Waals surface area contributed by atoms with Gasteiger partial charge in [-0.1, -0.05) is 0 Å². The first-order valence-electron chi connectivity index (χ1n) is 7.21. The number of ether oxygens (including phenoxy) is 2. The lowest BCUT2D eigenvalue weighted by Gasteiger charge is -2.27. The number of carbonyl (C=O) groups excluding carboxylic acids is 2. The van der Waals surface area contributed by atoms with Crippen molar-refractivity contribution in [2.75, 3.05) is 14.2 Å². The number of carboxylic acid groups (broad SMARTS) is 2.